The first-order valence-electron chi connectivity index (χ1n) is 5.95. The number of rotatable bonds is 7. The Hall–Kier alpha value is -1.66. The van der Waals surface area contributed by atoms with E-state index in [2.05, 4.69) is 10.3 Å². The summed E-state index contributed by atoms with van der Waals surface area (Å²) in [6, 6.07) is 3.59. The lowest BCUT2D eigenvalue weighted by atomic mass is 10.3. The standard InChI is InChI=1S/C12H20N4O2/c1-16(7-8-17)10-4-5-11(14-9-10)15-12(18)3-2-6-13/h4-5,9,17H,2-3,6-8,13H2,1H3,(H,14,15,18). The molecule has 0 saturated carbocycles. The van der Waals surface area contributed by atoms with Gasteiger partial charge in [0.15, 0.2) is 0 Å². The number of aromatic nitrogens is 1. The van der Waals surface area contributed by atoms with Crippen LogP contribution < -0.4 is 16.0 Å². The average Bonchev–Trinajstić information content (AvgIpc) is 2.37. The maximum absolute atomic E-state index is 11.4. The molecule has 4 N–H and O–H groups in total. The van der Waals surface area contributed by atoms with Gasteiger partial charge in [0.05, 0.1) is 18.5 Å². The van der Waals surface area contributed by atoms with Gasteiger partial charge in [-0.05, 0) is 25.1 Å². The Labute approximate surface area is 107 Å². The number of nitrogens with one attached hydrogen (secondary N) is 1. The molecule has 6 heteroatoms. The first-order valence-corrected chi connectivity index (χ1v) is 5.95. The Morgan fingerprint density at radius 3 is 2.89 bits per heavy atom. The van der Waals surface area contributed by atoms with Crippen LogP contribution in [0.5, 0.6) is 0 Å². The molecule has 0 saturated heterocycles. The third-order valence-electron chi connectivity index (χ3n) is 2.50. The molecule has 0 unspecified atom stereocenters. The Balaban J connectivity index is 2.52. The normalized spacial score (nSPS) is 10.2. The van der Waals surface area contributed by atoms with Crippen molar-refractivity contribution in [1.82, 2.24) is 4.98 Å². The monoisotopic (exact) mass is 252 g/mol. The Morgan fingerprint density at radius 1 is 1.56 bits per heavy atom. The highest BCUT2D eigenvalue weighted by Crippen LogP contribution is 2.13. The van der Waals surface area contributed by atoms with Crippen LogP contribution in [0.1, 0.15) is 12.8 Å². The first kappa shape index (κ1) is 14.4. The number of carbonyl (C=O) groups is 1. The lowest BCUT2D eigenvalue weighted by Gasteiger charge is -2.17. The van der Waals surface area contributed by atoms with Crippen LogP contribution in [0, 0.1) is 0 Å². The number of aliphatic hydroxyl groups is 1. The zero-order valence-corrected chi connectivity index (χ0v) is 10.6. The summed E-state index contributed by atoms with van der Waals surface area (Å²) in [5.74, 6) is 0.447. The summed E-state index contributed by atoms with van der Waals surface area (Å²) in [5.41, 5.74) is 6.22. The molecule has 0 spiro atoms. The van der Waals surface area contributed by atoms with Gasteiger partial charge < -0.3 is 21.1 Å². The number of amides is 1. The number of aliphatic hydroxyl groups excluding tert-OH is 1. The molecule has 0 atom stereocenters. The fourth-order valence-electron chi connectivity index (χ4n) is 1.43. The van der Waals surface area contributed by atoms with Crippen LogP contribution in [0.15, 0.2) is 18.3 Å². The van der Waals surface area contributed by atoms with Gasteiger partial charge in [-0.1, -0.05) is 0 Å². The summed E-state index contributed by atoms with van der Waals surface area (Å²) < 4.78 is 0. The van der Waals surface area contributed by atoms with Crippen LogP contribution in [-0.4, -0.2) is 42.7 Å². The minimum atomic E-state index is -0.0792. The van der Waals surface area contributed by atoms with Crippen LogP contribution in [0.25, 0.3) is 0 Å². The number of likely N-dealkylation sites (N-methyl/N-ethyl adjacent to an activating group) is 1. The van der Waals surface area contributed by atoms with E-state index in [4.69, 9.17) is 10.8 Å². The molecule has 0 aliphatic heterocycles. The summed E-state index contributed by atoms with van der Waals surface area (Å²) in [5, 5.41) is 11.5. The van der Waals surface area contributed by atoms with E-state index in [1.54, 1.807) is 12.3 Å². The van der Waals surface area contributed by atoms with Gasteiger partial charge in [0.1, 0.15) is 5.82 Å². The summed E-state index contributed by atoms with van der Waals surface area (Å²) >= 11 is 0. The fraction of sp³-hybridized carbons (Fsp3) is 0.500. The largest absolute Gasteiger partial charge is 0.395 e. The molecule has 100 valence electrons. The third kappa shape index (κ3) is 4.68. The smallest absolute Gasteiger partial charge is 0.225 e. The SMILES string of the molecule is CN(CCO)c1ccc(NC(=O)CCCN)nc1. The summed E-state index contributed by atoms with van der Waals surface area (Å²) in [6.45, 7) is 1.14. The van der Waals surface area contributed by atoms with Crippen LogP contribution in [0.3, 0.4) is 0 Å². The second-order valence-corrected chi connectivity index (χ2v) is 3.99. The Morgan fingerprint density at radius 2 is 2.33 bits per heavy atom. The van der Waals surface area contributed by atoms with Crippen molar-refractivity contribution < 1.29 is 9.90 Å². The number of hydrogen-bond donors (Lipinski definition) is 3. The summed E-state index contributed by atoms with van der Waals surface area (Å²) in [4.78, 5) is 17.5. The van der Waals surface area contributed by atoms with Gasteiger partial charge in [-0.2, -0.15) is 0 Å². The van der Waals surface area contributed by atoms with Gasteiger partial charge in [0, 0.05) is 20.0 Å². The maximum atomic E-state index is 11.4. The molecule has 1 rings (SSSR count). The number of carbonyl (C=O) groups excluding carboxylic acids is 1. The van der Waals surface area contributed by atoms with E-state index in [-0.39, 0.29) is 12.5 Å². The van der Waals surface area contributed by atoms with Gasteiger partial charge in [-0.25, -0.2) is 4.98 Å². The van der Waals surface area contributed by atoms with E-state index in [9.17, 15) is 4.79 Å². The lowest BCUT2D eigenvalue weighted by Crippen LogP contribution is -2.21. The maximum Gasteiger partial charge on any atom is 0.225 e. The fourth-order valence-corrected chi connectivity index (χ4v) is 1.43. The second-order valence-electron chi connectivity index (χ2n) is 3.99. The molecule has 0 aliphatic carbocycles. The molecule has 0 bridgehead atoms. The molecular weight excluding hydrogens is 232 g/mol. The quantitative estimate of drug-likeness (QED) is 0.644. The van der Waals surface area contributed by atoms with Crippen molar-refractivity contribution in [3.63, 3.8) is 0 Å². The molecule has 1 amide bonds. The first-order chi connectivity index (χ1) is 8.67. The van der Waals surface area contributed by atoms with Crippen LogP contribution in [0.2, 0.25) is 0 Å². The molecule has 0 fully saturated rings. The zero-order valence-electron chi connectivity index (χ0n) is 10.6. The van der Waals surface area contributed by atoms with Gasteiger partial charge in [-0.3, -0.25) is 4.79 Å². The summed E-state index contributed by atoms with van der Waals surface area (Å²) in [6.07, 6.45) is 2.74. The van der Waals surface area contributed by atoms with Gasteiger partial charge in [0.25, 0.3) is 0 Å². The highest BCUT2D eigenvalue weighted by molar-refractivity contribution is 5.89. The van der Waals surface area contributed by atoms with Gasteiger partial charge in [-0.15, -0.1) is 0 Å². The van der Waals surface area contributed by atoms with Crippen molar-refractivity contribution in [2.75, 3.05) is 37.0 Å². The molecule has 0 aliphatic rings. The predicted molar refractivity (Wildman–Crippen MR) is 71.5 cm³/mol. The molecule has 18 heavy (non-hydrogen) atoms. The van der Waals surface area contributed by atoms with Crippen molar-refractivity contribution in [3.8, 4) is 0 Å². The minimum absolute atomic E-state index is 0.0792. The van der Waals surface area contributed by atoms with E-state index in [1.165, 1.54) is 0 Å². The van der Waals surface area contributed by atoms with Gasteiger partial charge >= 0.3 is 0 Å². The number of pyridine rings is 1. The minimum Gasteiger partial charge on any atom is -0.395 e. The third-order valence-corrected chi connectivity index (χ3v) is 2.50. The number of anilines is 2. The highest BCUT2D eigenvalue weighted by Gasteiger charge is 2.04. The van der Waals surface area contributed by atoms with Crippen LogP contribution >= 0.6 is 0 Å². The molecule has 6 nitrogen and oxygen atoms in total. The van der Waals surface area contributed by atoms with E-state index in [1.807, 2.05) is 18.0 Å². The van der Waals surface area contributed by atoms with E-state index in [0.29, 0.717) is 31.7 Å². The van der Waals surface area contributed by atoms with E-state index < -0.39 is 0 Å². The van der Waals surface area contributed by atoms with Crippen molar-refractivity contribution in [2.24, 2.45) is 5.73 Å². The van der Waals surface area contributed by atoms with E-state index in [0.717, 1.165) is 5.69 Å². The zero-order chi connectivity index (χ0) is 13.4. The van der Waals surface area contributed by atoms with Crippen LogP contribution in [-0.2, 0) is 4.79 Å². The van der Waals surface area contributed by atoms with Crippen molar-refractivity contribution >= 4 is 17.4 Å². The van der Waals surface area contributed by atoms with E-state index >= 15 is 0 Å². The lowest BCUT2D eigenvalue weighted by molar-refractivity contribution is -0.116. The molecular formula is C12H20N4O2. The Kier molecular flexibility index (Phi) is 6.10. The molecule has 0 aromatic carbocycles. The topological polar surface area (TPSA) is 91.5 Å². The molecule has 1 heterocycles. The van der Waals surface area contributed by atoms with Gasteiger partial charge in [0.2, 0.25) is 5.91 Å². The molecule has 1 aromatic heterocycles. The molecule has 1 aromatic rings. The highest BCUT2D eigenvalue weighted by atomic mass is 16.3. The second kappa shape index (κ2) is 7.62. The number of nitrogens with zero attached hydrogens (tertiary/aromatic N) is 2. The summed E-state index contributed by atoms with van der Waals surface area (Å²) in [7, 11) is 1.87. The van der Waals surface area contributed by atoms with Crippen molar-refractivity contribution in [3.05, 3.63) is 18.3 Å². The number of nitrogens with two attached hydrogens (primary N) is 1. The van der Waals surface area contributed by atoms with Crippen molar-refractivity contribution in [2.45, 2.75) is 12.8 Å². The number of hydrogen-bond acceptors (Lipinski definition) is 5. The predicted octanol–water partition coefficient (Wildman–Crippen LogP) is 0.187. The Bertz CT molecular complexity index is 367. The van der Waals surface area contributed by atoms with Crippen molar-refractivity contribution in [1.29, 1.82) is 0 Å². The average molecular weight is 252 g/mol. The molecule has 0 radical (unpaired) electrons. The van der Waals surface area contributed by atoms with Crippen LogP contribution in [0.4, 0.5) is 11.5 Å².